The van der Waals surface area contributed by atoms with Gasteiger partial charge in [0.15, 0.2) is 0 Å². The summed E-state index contributed by atoms with van der Waals surface area (Å²) in [5.41, 5.74) is 6.28. The first-order valence-electron chi connectivity index (χ1n) is 5.10. The third kappa shape index (κ3) is 2.66. The van der Waals surface area contributed by atoms with E-state index < -0.39 is 0 Å². The SMILES string of the molecule is CC1(C)CCC(CN)(NCCO)C1. The van der Waals surface area contributed by atoms with Gasteiger partial charge >= 0.3 is 0 Å². The molecule has 0 spiro atoms. The minimum atomic E-state index is 0.0895. The van der Waals surface area contributed by atoms with Crippen molar-refractivity contribution in [3.8, 4) is 0 Å². The van der Waals surface area contributed by atoms with Gasteiger partial charge < -0.3 is 16.2 Å². The first-order valence-corrected chi connectivity index (χ1v) is 5.10. The van der Waals surface area contributed by atoms with Crippen molar-refractivity contribution >= 4 is 0 Å². The number of β-amino-alcohol motifs (C(OH)–C–C–N with tert-alkyl or cyclic N) is 1. The molecule has 13 heavy (non-hydrogen) atoms. The van der Waals surface area contributed by atoms with Crippen molar-refractivity contribution < 1.29 is 5.11 Å². The van der Waals surface area contributed by atoms with Crippen molar-refractivity contribution in [3.63, 3.8) is 0 Å². The number of rotatable bonds is 4. The van der Waals surface area contributed by atoms with E-state index in [9.17, 15) is 0 Å². The molecule has 0 aromatic rings. The fraction of sp³-hybridized carbons (Fsp3) is 1.00. The molecule has 0 aliphatic heterocycles. The summed E-state index contributed by atoms with van der Waals surface area (Å²) >= 11 is 0. The standard InChI is InChI=1S/C10H22N2O/c1-9(2)3-4-10(7-9,8-11)12-5-6-13/h12-13H,3-8,11H2,1-2H3. The van der Waals surface area contributed by atoms with Gasteiger partial charge in [-0.25, -0.2) is 0 Å². The minimum Gasteiger partial charge on any atom is -0.395 e. The molecule has 0 saturated heterocycles. The van der Waals surface area contributed by atoms with Crippen molar-refractivity contribution in [2.75, 3.05) is 19.7 Å². The monoisotopic (exact) mass is 186 g/mol. The van der Waals surface area contributed by atoms with E-state index in [-0.39, 0.29) is 12.1 Å². The molecule has 1 fully saturated rings. The summed E-state index contributed by atoms with van der Waals surface area (Å²) in [7, 11) is 0. The number of hydrogen-bond acceptors (Lipinski definition) is 3. The van der Waals surface area contributed by atoms with Gasteiger partial charge in [0.2, 0.25) is 0 Å². The van der Waals surface area contributed by atoms with Crippen LogP contribution in [-0.2, 0) is 0 Å². The first kappa shape index (κ1) is 11.0. The maximum atomic E-state index is 8.76. The Hall–Kier alpha value is -0.120. The van der Waals surface area contributed by atoms with Gasteiger partial charge in [-0.1, -0.05) is 13.8 Å². The second-order valence-electron chi connectivity index (χ2n) is 4.98. The van der Waals surface area contributed by atoms with E-state index >= 15 is 0 Å². The Morgan fingerprint density at radius 3 is 2.46 bits per heavy atom. The Morgan fingerprint density at radius 1 is 1.38 bits per heavy atom. The molecule has 0 radical (unpaired) electrons. The van der Waals surface area contributed by atoms with Crippen LogP contribution in [0.1, 0.15) is 33.1 Å². The molecule has 0 aromatic heterocycles. The van der Waals surface area contributed by atoms with E-state index in [4.69, 9.17) is 10.8 Å². The number of hydrogen-bond donors (Lipinski definition) is 3. The Morgan fingerprint density at radius 2 is 2.08 bits per heavy atom. The third-order valence-electron chi connectivity index (χ3n) is 3.10. The van der Waals surface area contributed by atoms with Gasteiger partial charge in [-0.15, -0.1) is 0 Å². The molecular weight excluding hydrogens is 164 g/mol. The first-order chi connectivity index (χ1) is 6.04. The highest BCUT2D eigenvalue weighted by molar-refractivity contribution is 5.00. The van der Waals surface area contributed by atoms with Crippen LogP contribution in [0.5, 0.6) is 0 Å². The van der Waals surface area contributed by atoms with E-state index in [1.807, 2.05) is 0 Å². The van der Waals surface area contributed by atoms with Gasteiger partial charge in [-0.3, -0.25) is 0 Å². The largest absolute Gasteiger partial charge is 0.395 e. The minimum absolute atomic E-state index is 0.0895. The molecule has 0 bridgehead atoms. The molecule has 4 N–H and O–H groups in total. The van der Waals surface area contributed by atoms with Crippen molar-refractivity contribution in [3.05, 3.63) is 0 Å². The predicted molar refractivity (Wildman–Crippen MR) is 54.5 cm³/mol. The van der Waals surface area contributed by atoms with Crippen LogP contribution in [0.25, 0.3) is 0 Å². The Labute approximate surface area is 80.7 Å². The van der Waals surface area contributed by atoms with E-state index in [1.54, 1.807) is 0 Å². The highest BCUT2D eigenvalue weighted by atomic mass is 16.3. The molecule has 78 valence electrons. The van der Waals surface area contributed by atoms with Gasteiger partial charge in [-0.2, -0.15) is 0 Å². The second kappa shape index (κ2) is 3.95. The molecule has 3 nitrogen and oxygen atoms in total. The van der Waals surface area contributed by atoms with Crippen LogP contribution >= 0.6 is 0 Å². The summed E-state index contributed by atoms with van der Waals surface area (Å²) in [6, 6.07) is 0. The summed E-state index contributed by atoms with van der Waals surface area (Å²) < 4.78 is 0. The Kier molecular flexibility index (Phi) is 3.33. The predicted octanol–water partition coefficient (Wildman–Crippen LogP) is 0.476. The van der Waals surface area contributed by atoms with Gasteiger partial charge in [0.05, 0.1) is 6.61 Å². The van der Waals surface area contributed by atoms with Gasteiger partial charge in [0.1, 0.15) is 0 Å². The van der Waals surface area contributed by atoms with Gasteiger partial charge in [-0.05, 0) is 24.7 Å². The van der Waals surface area contributed by atoms with Crippen LogP contribution in [0.2, 0.25) is 0 Å². The zero-order chi connectivity index (χ0) is 9.95. The summed E-state index contributed by atoms with van der Waals surface area (Å²) in [6.07, 6.45) is 3.48. The number of nitrogens with one attached hydrogen (secondary N) is 1. The van der Waals surface area contributed by atoms with Crippen LogP contribution < -0.4 is 11.1 Å². The molecule has 1 saturated carbocycles. The average Bonchev–Trinajstić information content (AvgIpc) is 2.40. The lowest BCUT2D eigenvalue weighted by Gasteiger charge is -2.30. The van der Waals surface area contributed by atoms with Gasteiger partial charge in [0, 0.05) is 18.6 Å². The summed E-state index contributed by atoms with van der Waals surface area (Å²) in [5, 5.41) is 12.1. The van der Waals surface area contributed by atoms with E-state index in [0.29, 0.717) is 18.5 Å². The molecule has 1 atom stereocenters. The van der Waals surface area contributed by atoms with Crippen LogP contribution in [0.4, 0.5) is 0 Å². The van der Waals surface area contributed by atoms with Crippen LogP contribution in [0, 0.1) is 5.41 Å². The smallest absolute Gasteiger partial charge is 0.0556 e. The zero-order valence-electron chi connectivity index (χ0n) is 8.77. The average molecular weight is 186 g/mol. The Balaban J connectivity index is 2.52. The fourth-order valence-corrected chi connectivity index (χ4v) is 2.39. The molecule has 1 aliphatic rings. The molecule has 1 unspecified atom stereocenters. The highest BCUT2D eigenvalue weighted by Crippen LogP contribution is 2.42. The van der Waals surface area contributed by atoms with Crippen LogP contribution in [0.15, 0.2) is 0 Å². The summed E-state index contributed by atoms with van der Waals surface area (Å²) in [6.45, 7) is 6.10. The normalized spacial score (nSPS) is 32.3. The number of nitrogens with two attached hydrogens (primary N) is 1. The van der Waals surface area contributed by atoms with E-state index in [0.717, 1.165) is 12.8 Å². The lowest BCUT2D eigenvalue weighted by Crippen LogP contribution is -2.50. The molecule has 3 heteroatoms. The maximum Gasteiger partial charge on any atom is 0.0556 e. The lowest BCUT2D eigenvalue weighted by molar-refractivity contribution is 0.241. The lowest BCUT2D eigenvalue weighted by atomic mass is 9.87. The van der Waals surface area contributed by atoms with Crippen molar-refractivity contribution in [2.45, 2.75) is 38.6 Å². The van der Waals surface area contributed by atoms with Gasteiger partial charge in [0.25, 0.3) is 0 Å². The highest BCUT2D eigenvalue weighted by Gasteiger charge is 2.41. The molecule has 1 aliphatic carbocycles. The van der Waals surface area contributed by atoms with Crippen molar-refractivity contribution in [1.29, 1.82) is 0 Å². The van der Waals surface area contributed by atoms with Crippen molar-refractivity contribution in [2.24, 2.45) is 11.1 Å². The topological polar surface area (TPSA) is 58.3 Å². The number of aliphatic hydroxyl groups excluding tert-OH is 1. The second-order valence-corrected chi connectivity index (χ2v) is 4.98. The van der Waals surface area contributed by atoms with E-state index in [2.05, 4.69) is 19.2 Å². The van der Waals surface area contributed by atoms with Crippen LogP contribution in [-0.4, -0.2) is 30.3 Å². The maximum absolute atomic E-state index is 8.76. The van der Waals surface area contributed by atoms with Crippen molar-refractivity contribution in [1.82, 2.24) is 5.32 Å². The summed E-state index contributed by atoms with van der Waals surface area (Å²) in [4.78, 5) is 0. The number of aliphatic hydroxyl groups is 1. The molecule has 0 aromatic carbocycles. The summed E-state index contributed by atoms with van der Waals surface area (Å²) in [5.74, 6) is 0. The molecule has 0 amide bonds. The zero-order valence-corrected chi connectivity index (χ0v) is 8.77. The quantitative estimate of drug-likeness (QED) is 0.598. The Bertz CT molecular complexity index is 170. The third-order valence-corrected chi connectivity index (χ3v) is 3.10. The van der Waals surface area contributed by atoms with Crippen LogP contribution in [0.3, 0.4) is 0 Å². The van der Waals surface area contributed by atoms with E-state index in [1.165, 1.54) is 6.42 Å². The molecule has 0 heterocycles. The molecule has 1 rings (SSSR count). The molecular formula is C10H22N2O. The fourth-order valence-electron chi connectivity index (χ4n) is 2.39.